The van der Waals surface area contributed by atoms with Crippen LogP contribution in [0.1, 0.15) is 13.3 Å². The molecule has 0 aromatic carbocycles. The zero-order valence-electron chi connectivity index (χ0n) is 18.2. The summed E-state index contributed by atoms with van der Waals surface area (Å²) in [5, 5.41) is 8.63. The molecular weight excluding hydrogens is 384 g/mol. The van der Waals surface area contributed by atoms with E-state index in [1.54, 1.807) is 0 Å². The smallest absolute Gasteiger partial charge is 0.314 e. The van der Waals surface area contributed by atoms with E-state index in [2.05, 4.69) is 45.8 Å². The Labute approximate surface area is 164 Å². The molecule has 0 rings (SSSR count). The van der Waals surface area contributed by atoms with Crippen LogP contribution < -0.4 is 0 Å². The number of hydrogen-bond acceptors (Lipinski definition) is 6. The van der Waals surface area contributed by atoms with E-state index in [0.717, 1.165) is 12.5 Å². The van der Waals surface area contributed by atoms with Crippen molar-refractivity contribution in [1.82, 2.24) is 0 Å². The van der Waals surface area contributed by atoms with E-state index >= 15 is 0 Å². The molecule has 0 radical (unpaired) electrons. The Balaban J connectivity index is 4.08. The van der Waals surface area contributed by atoms with Gasteiger partial charge in [0.25, 0.3) is 0 Å². The lowest BCUT2D eigenvalue weighted by molar-refractivity contribution is -0.0328. The second-order valence-corrected chi connectivity index (χ2v) is 21.6. The van der Waals surface area contributed by atoms with Crippen LogP contribution in [0.15, 0.2) is 0 Å². The van der Waals surface area contributed by atoms with Gasteiger partial charge in [0.2, 0.25) is 0 Å². The minimum atomic E-state index is -2.16. The van der Waals surface area contributed by atoms with Gasteiger partial charge < -0.3 is 27.5 Å². The Morgan fingerprint density at radius 2 is 1.35 bits per heavy atom. The summed E-state index contributed by atoms with van der Waals surface area (Å²) >= 11 is 0. The Morgan fingerprint density at radius 1 is 0.769 bits per heavy atom. The standard InChI is InChI=1S/C17H42O6Si3/c1-17(21-14-13-19-12-10-18)16-20-11-9-15-26(8,22-24(2,3)4)23-25(5,6)7/h17-18H,9-16H2,1-8H3. The zero-order chi connectivity index (χ0) is 20.3. The van der Waals surface area contributed by atoms with Crippen molar-refractivity contribution >= 4 is 25.2 Å². The van der Waals surface area contributed by atoms with Crippen molar-refractivity contribution in [3.63, 3.8) is 0 Å². The van der Waals surface area contributed by atoms with Crippen molar-refractivity contribution in [1.29, 1.82) is 0 Å². The third-order valence-corrected chi connectivity index (χ3v) is 12.8. The van der Waals surface area contributed by atoms with Gasteiger partial charge in [-0.1, -0.05) is 0 Å². The molecule has 0 fully saturated rings. The first kappa shape index (κ1) is 26.4. The normalized spacial score (nSPS) is 14.7. The van der Waals surface area contributed by atoms with E-state index in [1.807, 2.05) is 6.92 Å². The molecule has 0 aliphatic rings. The molecule has 1 unspecified atom stereocenters. The molecule has 9 heteroatoms. The third kappa shape index (κ3) is 16.6. The van der Waals surface area contributed by atoms with E-state index in [0.29, 0.717) is 33.0 Å². The largest absolute Gasteiger partial charge is 0.437 e. The minimum absolute atomic E-state index is 0.0350. The molecular formula is C17H42O6Si3. The van der Waals surface area contributed by atoms with Crippen LogP contribution >= 0.6 is 0 Å². The van der Waals surface area contributed by atoms with E-state index in [-0.39, 0.29) is 12.7 Å². The van der Waals surface area contributed by atoms with Crippen LogP contribution in [0.2, 0.25) is 51.9 Å². The van der Waals surface area contributed by atoms with Crippen molar-refractivity contribution in [3.8, 4) is 0 Å². The second kappa shape index (κ2) is 12.8. The molecule has 0 aromatic heterocycles. The lowest BCUT2D eigenvalue weighted by Gasteiger charge is -2.38. The molecule has 1 atom stereocenters. The summed E-state index contributed by atoms with van der Waals surface area (Å²) in [6.07, 6.45) is 0.983. The molecule has 1 N–H and O–H groups in total. The average Bonchev–Trinajstić information content (AvgIpc) is 2.42. The van der Waals surface area contributed by atoms with Crippen LogP contribution in [-0.2, 0) is 22.4 Å². The van der Waals surface area contributed by atoms with Gasteiger partial charge in [0.05, 0.1) is 39.1 Å². The van der Waals surface area contributed by atoms with Gasteiger partial charge >= 0.3 is 8.56 Å². The fourth-order valence-electron chi connectivity index (χ4n) is 2.69. The monoisotopic (exact) mass is 426 g/mol. The first-order valence-electron chi connectivity index (χ1n) is 9.65. The SMILES string of the molecule is CC(COCCC[Si](C)(O[Si](C)(C)C)O[Si](C)(C)C)OCCOCCO. The van der Waals surface area contributed by atoms with E-state index in [4.69, 9.17) is 27.5 Å². The number of ether oxygens (including phenoxy) is 3. The number of aliphatic hydroxyl groups excluding tert-OH is 1. The maximum Gasteiger partial charge on any atom is 0.314 e. The fourth-order valence-corrected chi connectivity index (χ4v) is 15.2. The van der Waals surface area contributed by atoms with Crippen molar-refractivity contribution < 1.29 is 27.5 Å². The van der Waals surface area contributed by atoms with Gasteiger partial charge in [-0.05, 0) is 65.2 Å². The van der Waals surface area contributed by atoms with Crippen LogP contribution in [0.3, 0.4) is 0 Å². The van der Waals surface area contributed by atoms with Crippen molar-refractivity contribution in [2.45, 2.75) is 71.3 Å². The number of hydrogen-bond donors (Lipinski definition) is 1. The maximum atomic E-state index is 8.63. The summed E-state index contributed by atoms with van der Waals surface area (Å²) in [5.74, 6) is 0. The molecule has 0 aliphatic carbocycles. The molecule has 0 amide bonds. The zero-order valence-corrected chi connectivity index (χ0v) is 21.2. The molecule has 158 valence electrons. The van der Waals surface area contributed by atoms with Crippen LogP contribution in [0.25, 0.3) is 0 Å². The summed E-state index contributed by atoms with van der Waals surface area (Å²) < 4.78 is 29.5. The molecule has 6 nitrogen and oxygen atoms in total. The molecule has 0 bridgehead atoms. The topological polar surface area (TPSA) is 66.4 Å². The van der Waals surface area contributed by atoms with Crippen LogP contribution in [0, 0.1) is 0 Å². The van der Waals surface area contributed by atoms with Crippen LogP contribution in [0.5, 0.6) is 0 Å². The Bertz CT molecular complexity index is 341. The highest BCUT2D eigenvalue weighted by Gasteiger charge is 2.39. The van der Waals surface area contributed by atoms with Gasteiger partial charge in [0.15, 0.2) is 16.6 Å². The van der Waals surface area contributed by atoms with Crippen LogP contribution in [-0.4, -0.2) is 76.0 Å². The highest BCUT2D eigenvalue weighted by atomic mass is 28.5. The second-order valence-electron chi connectivity index (χ2n) is 8.76. The molecule has 0 aromatic rings. The Kier molecular flexibility index (Phi) is 13.0. The van der Waals surface area contributed by atoms with Crippen LogP contribution in [0.4, 0.5) is 0 Å². The summed E-state index contributed by atoms with van der Waals surface area (Å²) in [7, 11) is -5.42. The Hall–Kier alpha value is 0.411. The first-order chi connectivity index (χ1) is 11.9. The summed E-state index contributed by atoms with van der Waals surface area (Å²) in [4.78, 5) is 0. The lowest BCUT2D eigenvalue weighted by Crippen LogP contribution is -2.52. The summed E-state index contributed by atoms with van der Waals surface area (Å²) in [6, 6.07) is 0.964. The van der Waals surface area contributed by atoms with Crippen molar-refractivity contribution in [2.24, 2.45) is 0 Å². The van der Waals surface area contributed by atoms with E-state index in [1.165, 1.54) is 0 Å². The van der Waals surface area contributed by atoms with Gasteiger partial charge in [-0.3, -0.25) is 0 Å². The molecule has 0 spiro atoms. The predicted molar refractivity (Wildman–Crippen MR) is 114 cm³/mol. The number of aliphatic hydroxyl groups is 1. The van der Waals surface area contributed by atoms with Gasteiger partial charge in [-0.15, -0.1) is 0 Å². The first-order valence-corrected chi connectivity index (χ1v) is 19.0. The molecule has 0 saturated heterocycles. The van der Waals surface area contributed by atoms with Gasteiger partial charge in [0, 0.05) is 6.61 Å². The molecule has 26 heavy (non-hydrogen) atoms. The van der Waals surface area contributed by atoms with E-state index < -0.39 is 25.2 Å². The fraction of sp³-hybridized carbons (Fsp3) is 1.00. The quantitative estimate of drug-likeness (QED) is 0.300. The van der Waals surface area contributed by atoms with Gasteiger partial charge in [-0.25, -0.2) is 0 Å². The number of rotatable bonds is 16. The lowest BCUT2D eigenvalue weighted by atomic mass is 10.4. The van der Waals surface area contributed by atoms with Gasteiger partial charge in [-0.2, -0.15) is 0 Å². The molecule has 0 aliphatic heterocycles. The molecule has 0 saturated carbocycles. The average molecular weight is 427 g/mol. The Morgan fingerprint density at radius 3 is 1.85 bits per heavy atom. The summed E-state index contributed by atoms with van der Waals surface area (Å²) in [5.41, 5.74) is 0. The highest BCUT2D eigenvalue weighted by molar-refractivity contribution is 6.87. The predicted octanol–water partition coefficient (Wildman–Crippen LogP) is 3.58. The molecule has 0 heterocycles. The third-order valence-electron chi connectivity index (χ3n) is 3.18. The minimum Gasteiger partial charge on any atom is -0.437 e. The summed E-state index contributed by atoms with van der Waals surface area (Å²) in [6.45, 7) is 20.3. The maximum absolute atomic E-state index is 8.63. The van der Waals surface area contributed by atoms with E-state index in [9.17, 15) is 0 Å². The van der Waals surface area contributed by atoms with Crippen molar-refractivity contribution in [3.05, 3.63) is 0 Å². The highest BCUT2D eigenvalue weighted by Crippen LogP contribution is 2.25. The van der Waals surface area contributed by atoms with Crippen molar-refractivity contribution in [2.75, 3.05) is 39.6 Å². The van der Waals surface area contributed by atoms with Gasteiger partial charge in [0.1, 0.15) is 0 Å².